The molecule has 0 fully saturated rings. The van der Waals surface area contributed by atoms with Crippen molar-refractivity contribution in [3.05, 3.63) is 11.3 Å². The molecule has 0 bridgehead atoms. The topological polar surface area (TPSA) is 82.2 Å². The molecule has 1 aliphatic heterocycles. The molecule has 0 aromatic carbocycles. The highest BCUT2D eigenvalue weighted by molar-refractivity contribution is 5.95. The summed E-state index contributed by atoms with van der Waals surface area (Å²) in [5.74, 6) is -0.132. The van der Waals surface area contributed by atoms with Gasteiger partial charge in [-0.2, -0.15) is 5.10 Å². The maximum atomic E-state index is 11.6. The van der Waals surface area contributed by atoms with Gasteiger partial charge in [0.25, 0.3) is 0 Å². The molecule has 82 valence electrons. The second-order valence-electron chi connectivity index (χ2n) is 3.33. The fourth-order valence-electron chi connectivity index (χ4n) is 1.70. The van der Waals surface area contributed by atoms with E-state index in [2.05, 4.69) is 10.4 Å². The lowest BCUT2D eigenvalue weighted by atomic mass is 10.2. The van der Waals surface area contributed by atoms with Gasteiger partial charge in [0.05, 0.1) is 18.8 Å². The molecule has 0 saturated carbocycles. The number of ether oxygens (including phenoxy) is 1. The predicted molar refractivity (Wildman–Crippen MR) is 54.3 cm³/mol. The fraction of sp³-hybridized carbons (Fsp3) is 0.556. The van der Waals surface area contributed by atoms with E-state index >= 15 is 0 Å². The summed E-state index contributed by atoms with van der Waals surface area (Å²) in [7, 11) is 0. The minimum Gasteiger partial charge on any atom is -0.462 e. The summed E-state index contributed by atoms with van der Waals surface area (Å²) >= 11 is 0. The molecule has 3 N–H and O–H groups in total. The minimum atomic E-state index is -0.389. The average molecular weight is 210 g/mol. The van der Waals surface area contributed by atoms with E-state index in [0.717, 1.165) is 18.8 Å². The van der Waals surface area contributed by atoms with Crippen LogP contribution in [-0.4, -0.2) is 28.9 Å². The Kier molecular flexibility index (Phi) is 2.59. The van der Waals surface area contributed by atoms with Crippen molar-refractivity contribution in [3.8, 4) is 0 Å². The number of anilines is 1. The van der Waals surface area contributed by atoms with E-state index in [1.807, 2.05) is 0 Å². The Bertz CT molecular complexity index is 386. The summed E-state index contributed by atoms with van der Waals surface area (Å²) < 4.78 is 6.70. The van der Waals surface area contributed by atoms with Crippen molar-refractivity contribution < 1.29 is 9.53 Å². The van der Waals surface area contributed by atoms with Crippen LogP contribution in [0.3, 0.4) is 0 Å². The largest absolute Gasteiger partial charge is 0.462 e. The first kappa shape index (κ1) is 9.97. The van der Waals surface area contributed by atoms with Crippen LogP contribution in [0.4, 0.5) is 5.82 Å². The molecule has 1 aliphatic rings. The van der Waals surface area contributed by atoms with E-state index in [4.69, 9.17) is 10.5 Å². The molecule has 15 heavy (non-hydrogen) atoms. The molecule has 0 aliphatic carbocycles. The quantitative estimate of drug-likeness (QED) is 0.657. The highest BCUT2D eigenvalue weighted by atomic mass is 16.5. The van der Waals surface area contributed by atoms with Crippen molar-refractivity contribution in [1.29, 1.82) is 0 Å². The summed E-state index contributed by atoms with van der Waals surface area (Å²) in [5.41, 5.74) is 6.92. The Morgan fingerprint density at radius 3 is 3.27 bits per heavy atom. The van der Waals surface area contributed by atoms with E-state index in [0.29, 0.717) is 18.7 Å². The zero-order chi connectivity index (χ0) is 10.8. The normalized spacial score (nSPS) is 14.7. The molecular weight excluding hydrogens is 196 g/mol. The molecule has 1 aromatic heterocycles. The van der Waals surface area contributed by atoms with Crippen LogP contribution in [0.15, 0.2) is 0 Å². The molecular formula is C9H14N4O2. The molecule has 6 heteroatoms. The van der Waals surface area contributed by atoms with E-state index in [9.17, 15) is 4.79 Å². The molecule has 2 heterocycles. The second kappa shape index (κ2) is 3.90. The lowest BCUT2D eigenvalue weighted by Gasteiger charge is -2.15. The van der Waals surface area contributed by atoms with Gasteiger partial charge in [-0.1, -0.05) is 0 Å². The van der Waals surface area contributed by atoms with Crippen LogP contribution in [0, 0.1) is 0 Å². The molecule has 0 radical (unpaired) electrons. The summed E-state index contributed by atoms with van der Waals surface area (Å²) in [4.78, 5) is 11.6. The van der Waals surface area contributed by atoms with Gasteiger partial charge in [0.15, 0.2) is 5.82 Å². The third kappa shape index (κ3) is 1.68. The van der Waals surface area contributed by atoms with Gasteiger partial charge in [0.1, 0.15) is 5.56 Å². The average Bonchev–Trinajstić information content (AvgIpc) is 2.54. The Labute approximate surface area is 87.4 Å². The van der Waals surface area contributed by atoms with Gasteiger partial charge in [-0.15, -0.1) is 0 Å². The van der Waals surface area contributed by atoms with Crippen LogP contribution >= 0.6 is 0 Å². The molecule has 0 saturated heterocycles. The molecule has 0 amide bonds. The number of hydrogen-bond acceptors (Lipinski definition) is 5. The number of esters is 1. The van der Waals surface area contributed by atoms with Gasteiger partial charge in [-0.05, 0) is 6.92 Å². The van der Waals surface area contributed by atoms with Gasteiger partial charge >= 0.3 is 5.97 Å². The van der Waals surface area contributed by atoms with Crippen LogP contribution in [0.1, 0.15) is 23.0 Å². The second-order valence-corrected chi connectivity index (χ2v) is 3.33. The summed E-state index contributed by atoms with van der Waals surface area (Å²) in [6.45, 7) is 4.30. The zero-order valence-corrected chi connectivity index (χ0v) is 8.62. The third-order valence-corrected chi connectivity index (χ3v) is 2.36. The first-order valence-corrected chi connectivity index (χ1v) is 4.97. The smallest absolute Gasteiger partial charge is 0.343 e. The van der Waals surface area contributed by atoms with Gasteiger partial charge in [0.2, 0.25) is 0 Å². The van der Waals surface area contributed by atoms with Crippen LogP contribution < -0.4 is 11.1 Å². The van der Waals surface area contributed by atoms with Crippen molar-refractivity contribution in [2.45, 2.75) is 20.0 Å². The van der Waals surface area contributed by atoms with E-state index < -0.39 is 0 Å². The Balaban J connectivity index is 2.37. The molecule has 0 atom stereocenters. The summed E-state index contributed by atoms with van der Waals surface area (Å²) in [6, 6.07) is 0. The number of carbonyl (C=O) groups excluding carboxylic acids is 1. The first-order valence-electron chi connectivity index (χ1n) is 4.97. The fourth-order valence-corrected chi connectivity index (χ4v) is 1.70. The van der Waals surface area contributed by atoms with Crippen LogP contribution in [0.5, 0.6) is 0 Å². The van der Waals surface area contributed by atoms with Gasteiger partial charge in [0, 0.05) is 13.1 Å². The highest BCUT2D eigenvalue weighted by Gasteiger charge is 2.24. The molecule has 2 rings (SSSR count). The lowest BCUT2D eigenvalue weighted by Crippen LogP contribution is -2.29. The van der Waals surface area contributed by atoms with Crippen LogP contribution in [0.25, 0.3) is 0 Å². The Morgan fingerprint density at radius 1 is 1.73 bits per heavy atom. The molecule has 6 nitrogen and oxygen atoms in total. The number of rotatable bonds is 2. The lowest BCUT2D eigenvalue weighted by molar-refractivity contribution is 0.0525. The number of nitrogens with two attached hydrogens (primary N) is 1. The van der Waals surface area contributed by atoms with Crippen molar-refractivity contribution in [2.24, 2.45) is 0 Å². The number of aromatic nitrogens is 2. The predicted octanol–water partition coefficient (Wildman–Crippen LogP) is -0.255. The number of nitrogens with one attached hydrogen (secondary N) is 1. The van der Waals surface area contributed by atoms with E-state index in [1.165, 1.54) is 0 Å². The SMILES string of the molecule is CCOC(=O)c1c(N)nn2c1CNCC2. The van der Waals surface area contributed by atoms with E-state index in [1.54, 1.807) is 11.6 Å². The Morgan fingerprint density at radius 2 is 2.53 bits per heavy atom. The summed E-state index contributed by atoms with van der Waals surface area (Å²) in [5, 5.41) is 7.28. The molecule has 0 unspecified atom stereocenters. The maximum absolute atomic E-state index is 11.6. The van der Waals surface area contributed by atoms with Crippen LogP contribution in [-0.2, 0) is 17.8 Å². The van der Waals surface area contributed by atoms with Crippen molar-refractivity contribution in [3.63, 3.8) is 0 Å². The van der Waals surface area contributed by atoms with Crippen molar-refractivity contribution >= 4 is 11.8 Å². The minimum absolute atomic E-state index is 0.257. The zero-order valence-electron chi connectivity index (χ0n) is 8.62. The summed E-state index contributed by atoms with van der Waals surface area (Å²) in [6.07, 6.45) is 0. The van der Waals surface area contributed by atoms with Crippen LogP contribution in [0.2, 0.25) is 0 Å². The van der Waals surface area contributed by atoms with E-state index in [-0.39, 0.29) is 11.8 Å². The van der Waals surface area contributed by atoms with Gasteiger partial charge < -0.3 is 15.8 Å². The van der Waals surface area contributed by atoms with Gasteiger partial charge in [-0.3, -0.25) is 4.68 Å². The standard InChI is InChI=1S/C9H14N4O2/c1-2-15-9(14)7-6-5-11-3-4-13(6)12-8(7)10/h11H,2-5H2,1H3,(H2,10,12). The number of hydrogen-bond donors (Lipinski definition) is 2. The third-order valence-electron chi connectivity index (χ3n) is 2.36. The van der Waals surface area contributed by atoms with Crippen molar-refractivity contribution in [1.82, 2.24) is 15.1 Å². The first-order chi connectivity index (χ1) is 7.24. The number of nitrogen functional groups attached to an aromatic ring is 1. The molecule has 0 spiro atoms. The monoisotopic (exact) mass is 210 g/mol. The highest BCUT2D eigenvalue weighted by Crippen LogP contribution is 2.19. The van der Waals surface area contributed by atoms with Gasteiger partial charge in [-0.25, -0.2) is 4.79 Å². The molecule has 1 aromatic rings. The maximum Gasteiger partial charge on any atom is 0.343 e. The number of carbonyl (C=O) groups is 1. The number of fused-ring (bicyclic) bond motifs is 1. The Hall–Kier alpha value is -1.56. The van der Waals surface area contributed by atoms with Crippen molar-refractivity contribution in [2.75, 3.05) is 18.9 Å². The number of nitrogens with zero attached hydrogens (tertiary/aromatic N) is 2.